The number of benzene rings is 1. The summed E-state index contributed by atoms with van der Waals surface area (Å²) in [5.74, 6) is -0.252. The Hall–Kier alpha value is -3.10. The van der Waals surface area contributed by atoms with E-state index in [1.54, 1.807) is 41.2 Å². The van der Waals surface area contributed by atoms with Gasteiger partial charge in [-0.25, -0.2) is 19.0 Å². The Morgan fingerprint density at radius 3 is 2.77 bits per heavy atom. The number of nitrogens with zero attached hydrogens (tertiary/aromatic N) is 4. The van der Waals surface area contributed by atoms with Gasteiger partial charge in [0.1, 0.15) is 11.5 Å². The summed E-state index contributed by atoms with van der Waals surface area (Å²) < 4.78 is 15.5. The summed E-state index contributed by atoms with van der Waals surface area (Å²) >= 11 is 7.48. The van der Waals surface area contributed by atoms with Gasteiger partial charge in [-0.1, -0.05) is 29.8 Å². The van der Waals surface area contributed by atoms with E-state index in [-0.39, 0.29) is 16.5 Å². The van der Waals surface area contributed by atoms with Crippen LogP contribution in [0.4, 0.5) is 9.52 Å². The molecule has 0 bridgehead atoms. The first kappa shape index (κ1) is 20.2. The molecule has 1 N–H and O–H groups in total. The predicted octanol–water partition coefficient (Wildman–Crippen LogP) is 4.98. The lowest BCUT2D eigenvalue weighted by molar-refractivity contribution is 0.102. The van der Waals surface area contributed by atoms with Crippen LogP contribution in [0.2, 0.25) is 5.02 Å². The molecular weight excluding hydrogens is 425 g/mol. The third-order valence-corrected chi connectivity index (χ3v) is 5.59. The Bertz CT molecular complexity index is 1240. The zero-order chi connectivity index (χ0) is 21.3. The van der Waals surface area contributed by atoms with Crippen LogP contribution in [0, 0.1) is 19.7 Å². The molecule has 0 fully saturated rings. The number of hydrogen-bond acceptors (Lipinski definition) is 5. The molecule has 0 saturated carbocycles. The van der Waals surface area contributed by atoms with Gasteiger partial charge in [-0.15, -0.1) is 11.3 Å². The summed E-state index contributed by atoms with van der Waals surface area (Å²) in [5.41, 5.74) is 2.39. The van der Waals surface area contributed by atoms with Gasteiger partial charge in [0.15, 0.2) is 10.9 Å². The van der Waals surface area contributed by atoms with E-state index in [4.69, 9.17) is 11.6 Å². The van der Waals surface area contributed by atoms with Gasteiger partial charge in [-0.2, -0.15) is 5.10 Å². The molecule has 3 heterocycles. The lowest BCUT2D eigenvalue weighted by Crippen LogP contribution is -2.16. The van der Waals surface area contributed by atoms with Crippen LogP contribution in [0.25, 0.3) is 5.82 Å². The number of aryl methyl sites for hydroxylation is 2. The number of nitrogens with one attached hydrogen (secondary N) is 1. The van der Waals surface area contributed by atoms with Gasteiger partial charge in [0.2, 0.25) is 0 Å². The fraction of sp³-hybridized carbons (Fsp3) is 0.143. The second-order valence-corrected chi connectivity index (χ2v) is 8.22. The predicted molar refractivity (Wildman–Crippen MR) is 115 cm³/mol. The normalized spacial score (nSPS) is 10.9. The topological polar surface area (TPSA) is 72.7 Å². The van der Waals surface area contributed by atoms with E-state index in [0.717, 1.165) is 16.3 Å². The smallest absolute Gasteiger partial charge is 0.277 e. The second kappa shape index (κ2) is 8.33. The highest BCUT2D eigenvalue weighted by Crippen LogP contribution is 2.24. The molecule has 0 unspecified atom stereocenters. The number of hydrogen-bond donors (Lipinski definition) is 1. The number of rotatable bonds is 5. The highest BCUT2D eigenvalue weighted by molar-refractivity contribution is 7.15. The molecule has 6 nitrogen and oxygen atoms in total. The monoisotopic (exact) mass is 441 g/mol. The molecule has 0 aliphatic heterocycles. The fourth-order valence-corrected chi connectivity index (χ4v) is 4.02. The van der Waals surface area contributed by atoms with Gasteiger partial charge in [0, 0.05) is 23.2 Å². The standard InChI is InChI=1S/C21H17ClFN5OS/c1-12-9-13(2)28(27-12)18-8-7-16(22)19(25-18)20(29)26-21-24-11-15(30-21)10-14-5-3-4-6-17(14)23/h3-9,11H,10H2,1-2H3,(H,24,26,29). The van der Waals surface area contributed by atoms with Crippen LogP contribution in [-0.2, 0) is 6.42 Å². The lowest BCUT2D eigenvalue weighted by Gasteiger charge is -2.08. The number of pyridine rings is 1. The third kappa shape index (κ3) is 4.24. The van der Waals surface area contributed by atoms with Crippen molar-refractivity contribution in [2.24, 2.45) is 0 Å². The van der Waals surface area contributed by atoms with E-state index in [9.17, 15) is 9.18 Å². The Labute approximate surface area is 181 Å². The van der Waals surface area contributed by atoms with E-state index in [1.807, 2.05) is 19.9 Å². The van der Waals surface area contributed by atoms with Crippen LogP contribution in [0.1, 0.15) is 32.3 Å². The number of carbonyl (C=O) groups is 1. The van der Waals surface area contributed by atoms with Gasteiger partial charge >= 0.3 is 0 Å². The lowest BCUT2D eigenvalue weighted by atomic mass is 10.1. The molecule has 30 heavy (non-hydrogen) atoms. The van der Waals surface area contributed by atoms with Gasteiger partial charge in [0.05, 0.1) is 10.7 Å². The Balaban J connectivity index is 1.53. The molecule has 9 heteroatoms. The first-order valence-corrected chi connectivity index (χ1v) is 10.3. The number of aromatic nitrogens is 4. The summed E-state index contributed by atoms with van der Waals surface area (Å²) in [5, 5.41) is 7.71. The van der Waals surface area contributed by atoms with E-state index in [2.05, 4.69) is 20.4 Å². The van der Waals surface area contributed by atoms with Crippen molar-refractivity contribution in [3.63, 3.8) is 0 Å². The first-order chi connectivity index (χ1) is 14.4. The molecule has 152 valence electrons. The van der Waals surface area contributed by atoms with E-state index in [0.29, 0.717) is 22.9 Å². The van der Waals surface area contributed by atoms with Crippen molar-refractivity contribution >= 4 is 34.0 Å². The minimum absolute atomic E-state index is 0.0765. The number of thiazole rings is 1. The maximum atomic E-state index is 13.9. The van der Waals surface area contributed by atoms with Crippen molar-refractivity contribution in [3.8, 4) is 5.82 Å². The first-order valence-electron chi connectivity index (χ1n) is 9.10. The summed E-state index contributed by atoms with van der Waals surface area (Å²) in [6, 6.07) is 11.8. The summed E-state index contributed by atoms with van der Waals surface area (Å²) in [4.78, 5) is 22.2. The molecule has 0 radical (unpaired) electrons. The van der Waals surface area contributed by atoms with Crippen LogP contribution in [0.15, 0.2) is 48.7 Å². The average molecular weight is 442 g/mol. The minimum atomic E-state index is -0.477. The number of amides is 1. The molecule has 1 amide bonds. The molecule has 0 saturated heterocycles. The van der Waals surface area contributed by atoms with Crippen molar-refractivity contribution < 1.29 is 9.18 Å². The maximum Gasteiger partial charge on any atom is 0.277 e. The number of anilines is 1. The summed E-state index contributed by atoms with van der Waals surface area (Å²) in [6.45, 7) is 3.79. The van der Waals surface area contributed by atoms with E-state index in [1.165, 1.54) is 17.4 Å². The van der Waals surface area contributed by atoms with Crippen LogP contribution in [0.5, 0.6) is 0 Å². The quantitative estimate of drug-likeness (QED) is 0.474. The molecule has 4 aromatic rings. The van der Waals surface area contributed by atoms with Crippen LogP contribution < -0.4 is 5.32 Å². The average Bonchev–Trinajstić information content (AvgIpc) is 3.29. The van der Waals surface area contributed by atoms with Crippen molar-refractivity contribution in [1.29, 1.82) is 0 Å². The van der Waals surface area contributed by atoms with Crippen molar-refractivity contribution in [1.82, 2.24) is 19.7 Å². The van der Waals surface area contributed by atoms with Crippen molar-refractivity contribution in [2.75, 3.05) is 5.32 Å². The Morgan fingerprint density at radius 2 is 2.03 bits per heavy atom. The Kier molecular flexibility index (Phi) is 5.61. The third-order valence-electron chi connectivity index (χ3n) is 4.37. The minimum Gasteiger partial charge on any atom is -0.296 e. The van der Waals surface area contributed by atoms with E-state index < -0.39 is 5.91 Å². The van der Waals surface area contributed by atoms with Gasteiger partial charge in [-0.3, -0.25) is 10.1 Å². The molecule has 0 spiro atoms. The van der Waals surface area contributed by atoms with Gasteiger partial charge in [0.25, 0.3) is 5.91 Å². The summed E-state index contributed by atoms with van der Waals surface area (Å²) in [7, 11) is 0. The Morgan fingerprint density at radius 1 is 1.23 bits per heavy atom. The number of carbonyl (C=O) groups excluding carboxylic acids is 1. The molecule has 0 aliphatic carbocycles. The summed E-state index contributed by atoms with van der Waals surface area (Å²) in [6.07, 6.45) is 2.01. The zero-order valence-electron chi connectivity index (χ0n) is 16.2. The highest BCUT2D eigenvalue weighted by atomic mass is 35.5. The molecule has 3 aromatic heterocycles. The molecule has 0 atom stereocenters. The number of halogens is 2. The van der Waals surface area contributed by atoms with Crippen molar-refractivity contribution in [3.05, 3.63) is 87.0 Å². The molecular formula is C21H17ClFN5OS. The van der Waals surface area contributed by atoms with Gasteiger partial charge in [-0.05, 0) is 43.7 Å². The maximum absolute atomic E-state index is 13.9. The van der Waals surface area contributed by atoms with Gasteiger partial charge < -0.3 is 0 Å². The largest absolute Gasteiger partial charge is 0.296 e. The fourth-order valence-electron chi connectivity index (χ4n) is 3.00. The molecule has 0 aliphatic rings. The molecule has 1 aromatic carbocycles. The highest BCUT2D eigenvalue weighted by Gasteiger charge is 2.17. The van der Waals surface area contributed by atoms with Crippen molar-refractivity contribution in [2.45, 2.75) is 20.3 Å². The van der Waals surface area contributed by atoms with Crippen LogP contribution >= 0.6 is 22.9 Å². The second-order valence-electron chi connectivity index (χ2n) is 6.69. The van der Waals surface area contributed by atoms with Crippen LogP contribution in [0.3, 0.4) is 0 Å². The van der Waals surface area contributed by atoms with E-state index >= 15 is 0 Å². The molecule has 4 rings (SSSR count). The van der Waals surface area contributed by atoms with Crippen LogP contribution in [-0.4, -0.2) is 25.7 Å². The SMILES string of the molecule is Cc1cc(C)n(-c2ccc(Cl)c(C(=O)Nc3ncc(Cc4ccccc4F)s3)n2)n1. The zero-order valence-corrected chi connectivity index (χ0v) is 17.8.